The van der Waals surface area contributed by atoms with Gasteiger partial charge in [-0.3, -0.25) is 4.79 Å². The monoisotopic (exact) mass is 322 g/mol. The summed E-state index contributed by atoms with van der Waals surface area (Å²) in [5, 5.41) is 17.3. The van der Waals surface area contributed by atoms with Gasteiger partial charge in [0.1, 0.15) is 6.61 Å². The number of aliphatic hydroxyl groups excluding tert-OH is 2. The van der Waals surface area contributed by atoms with E-state index in [0.29, 0.717) is 6.61 Å². The van der Waals surface area contributed by atoms with Gasteiger partial charge in [0.05, 0.1) is 19.3 Å². The number of carbonyl (C=O) groups excluding carboxylic acids is 1. The molecule has 22 heavy (non-hydrogen) atoms. The minimum Gasteiger partial charge on any atom is -0.463 e. The third-order valence-corrected chi connectivity index (χ3v) is 2.73. The Morgan fingerprint density at radius 3 is 2.09 bits per heavy atom. The van der Waals surface area contributed by atoms with Crippen molar-refractivity contribution in [2.45, 2.75) is 58.5 Å². The summed E-state index contributed by atoms with van der Waals surface area (Å²) in [6.07, 6.45) is 4.41. The van der Waals surface area contributed by atoms with E-state index in [0.717, 1.165) is 13.2 Å². The van der Waals surface area contributed by atoms with Crippen LogP contribution in [0.15, 0.2) is 0 Å². The summed E-state index contributed by atoms with van der Waals surface area (Å²) in [4.78, 5) is 10.9. The van der Waals surface area contributed by atoms with Crippen LogP contribution < -0.4 is 0 Å². The Hall–Kier alpha value is -0.690. The van der Waals surface area contributed by atoms with E-state index in [9.17, 15) is 4.79 Å². The first-order chi connectivity index (χ1) is 10.6. The molecule has 0 bridgehead atoms. The van der Waals surface area contributed by atoms with Crippen molar-refractivity contribution in [1.29, 1.82) is 0 Å². The van der Waals surface area contributed by atoms with Gasteiger partial charge in [0.15, 0.2) is 0 Å². The van der Waals surface area contributed by atoms with E-state index in [2.05, 4.69) is 18.6 Å². The summed E-state index contributed by atoms with van der Waals surface area (Å²) in [5.41, 5.74) is 0. The third kappa shape index (κ3) is 21.6. The highest BCUT2D eigenvalue weighted by molar-refractivity contribution is 5.69. The number of carbonyl (C=O) groups is 1. The average Bonchev–Trinajstić information content (AvgIpc) is 2.53. The predicted octanol–water partition coefficient (Wildman–Crippen LogP) is 1.91. The van der Waals surface area contributed by atoms with Crippen molar-refractivity contribution >= 4 is 5.97 Å². The molecule has 0 heterocycles. The fourth-order valence-corrected chi connectivity index (χ4v) is 1.28. The molecular weight excluding hydrogens is 288 g/mol. The van der Waals surface area contributed by atoms with Gasteiger partial charge >= 0.3 is 5.97 Å². The van der Waals surface area contributed by atoms with Crippen LogP contribution in [0, 0.1) is 0 Å². The number of hydrogen-bond donors (Lipinski definition) is 2. The van der Waals surface area contributed by atoms with Crippen LogP contribution in [0.25, 0.3) is 0 Å². The van der Waals surface area contributed by atoms with Gasteiger partial charge in [-0.1, -0.05) is 26.7 Å². The summed E-state index contributed by atoms with van der Waals surface area (Å²) in [6.45, 7) is 6.55. The summed E-state index contributed by atoms with van der Waals surface area (Å²) in [7, 11) is 1.52. The second-order valence-corrected chi connectivity index (χ2v) is 4.91. The molecule has 0 radical (unpaired) electrons. The molecule has 1 atom stereocenters. The zero-order valence-electron chi connectivity index (χ0n) is 14.4. The standard InChI is InChI=1S/C8H16O5.C8H18O/c1-12-4-5-13-8(11)3-2-7(10)6-9;1-3-5-7-9-8-6-4-2/h7,9-10H,2-6H2,1H3;3-8H2,1-2H3. The van der Waals surface area contributed by atoms with Crippen LogP contribution in [0.5, 0.6) is 0 Å². The van der Waals surface area contributed by atoms with Crippen molar-refractivity contribution < 1.29 is 29.2 Å². The first kappa shape index (κ1) is 23.6. The van der Waals surface area contributed by atoms with Crippen molar-refractivity contribution in [3.05, 3.63) is 0 Å². The molecule has 0 spiro atoms. The van der Waals surface area contributed by atoms with Gasteiger partial charge in [-0.2, -0.15) is 0 Å². The summed E-state index contributed by atoms with van der Waals surface area (Å²) < 4.78 is 14.7. The van der Waals surface area contributed by atoms with E-state index in [4.69, 9.17) is 19.7 Å². The minimum absolute atomic E-state index is 0.117. The maximum absolute atomic E-state index is 10.9. The number of methoxy groups -OCH3 is 1. The lowest BCUT2D eigenvalue weighted by molar-refractivity contribution is -0.145. The van der Waals surface area contributed by atoms with E-state index in [-0.39, 0.29) is 32.0 Å². The molecule has 0 aliphatic rings. The number of ether oxygens (including phenoxy) is 3. The third-order valence-electron chi connectivity index (χ3n) is 2.73. The van der Waals surface area contributed by atoms with Gasteiger partial charge in [0, 0.05) is 26.7 Å². The topological polar surface area (TPSA) is 85.2 Å². The van der Waals surface area contributed by atoms with Gasteiger partial charge in [-0.25, -0.2) is 0 Å². The van der Waals surface area contributed by atoms with Gasteiger partial charge < -0.3 is 24.4 Å². The van der Waals surface area contributed by atoms with Crippen LogP contribution in [0.1, 0.15) is 52.4 Å². The van der Waals surface area contributed by atoms with Crippen LogP contribution in [-0.2, 0) is 19.0 Å². The molecule has 0 amide bonds. The molecule has 6 nitrogen and oxygen atoms in total. The Balaban J connectivity index is 0. The van der Waals surface area contributed by atoms with Crippen molar-refractivity contribution in [2.75, 3.05) is 40.1 Å². The average molecular weight is 322 g/mol. The zero-order valence-corrected chi connectivity index (χ0v) is 14.4. The molecular formula is C16H34O6. The second kappa shape index (κ2) is 20.3. The molecule has 0 aliphatic carbocycles. The molecule has 134 valence electrons. The highest BCUT2D eigenvalue weighted by atomic mass is 16.6. The van der Waals surface area contributed by atoms with Crippen molar-refractivity contribution in [3.63, 3.8) is 0 Å². The van der Waals surface area contributed by atoms with Gasteiger partial charge in [-0.05, 0) is 19.3 Å². The Bertz CT molecular complexity index is 217. The molecule has 2 N–H and O–H groups in total. The van der Waals surface area contributed by atoms with Gasteiger partial charge in [0.2, 0.25) is 0 Å². The Morgan fingerprint density at radius 1 is 1.05 bits per heavy atom. The highest BCUT2D eigenvalue weighted by Gasteiger charge is 2.07. The number of esters is 1. The summed E-state index contributed by atoms with van der Waals surface area (Å²) in [5.74, 6) is -0.385. The lowest BCUT2D eigenvalue weighted by Gasteiger charge is -2.06. The van der Waals surface area contributed by atoms with Gasteiger partial charge in [0.25, 0.3) is 0 Å². The van der Waals surface area contributed by atoms with E-state index < -0.39 is 6.10 Å². The quantitative estimate of drug-likeness (QED) is 0.398. The first-order valence-corrected chi connectivity index (χ1v) is 8.13. The Morgan fingerprint density at radius 2 is 1.64 bits per heavy atom. The lowest BCUT2D eigenvalue weighted by atomic mass is 10.2. The number of hydrogen-bond acceptors (Lipinski definition) is 6. The molecule has 0 aromatic rings. The Kier molecular flexibility index (Phi) is 21.8. The second-order valence-electron chi connectivity index (χ2n) is 4.91. The molecule has 0 aromatic heterocycles. The maximum Gasteiger partial charge on any atom is 0.305 e. The zero-order chi connectivity index (χ0) is 17.1. The van der Waals surface area contributed by atoms with Crippen LogP contribution >= 0.6 is 0 Å². The van der Waals surface area contributed by atoms with Crippen LogP contribution in [0.4, 0.5) is 0 Å². The SMILES string of the molecule is CCCCOCCCC.COCCOC(=O)CCC(O)CO. The first-order valence-electron chi connectivity index (χ1n) is 8.13. The predicted molar refractivity (Wildman–Crippen MR) is 85.8 cm³/mol. The molecule has 0 saturated heterocycles. The number of aliphatic hydroxyl groups is 2. The Labute approximate surface area is 134 Å². The normalized spacial score (nSPS) is 11.5. The number of unbranched alkanes of at least 4 members (excludes halogenated alkanes) is 2. The van der Waals surface area contributed by atoms with E-state index >= 15 is 0 Å². The maximum atomic E-state index is 10.9. The molecule has 0 fully saturated rings. The lowest BCUT2D eigenvalue weighted by Crippen LogP contribution is -2.16. The van der Waals surface area contributed by atoms with E-state index in [1.165, 1.54) is 32.8 Å². The van der Waals surface area contributed by atoms with Crippen molar-refractivity contribution in [1.82, 2.24) is 0 Å². The fourth-order valence-electron chi connectivity index (χ4n) is 1.28. The van der Waals surface area contributed by atoms with Crippen LogP contribution in [0.3, 0.4) is 0 Å². The molecule has 0 rings (SSSR count). The fraction of sp³-hybridized carbons (Fsp3) is 0.938. The molecule has 6 heteroatoms. The number of rotatable bonds is 13. The summed E-state index contributed by atoms with van der Waals surface area (Å²) in [6, 6.07) is 0. The highest BCUT2D eigenvalue weighted by Crippen LogP contribution is 1.98. The molecule has 1 unspecified atom stereocenters. The smallest absolute Gasteiger partial charge is 0.305 e. The summed E-state index contributed by atoms with van der Waals surface area (Å²) >= 11 is 0. The molecule has 0 aliphatic heterocycles. The molecule has 0 saturated carbocycles. The molecule has 0 aromatic carbocycles. The van der Waals surface area contributed by atoms with Crippen LogP contribution in [-0.4, -0.2) is 62.4 Å². The van der Waals surface area contributed by atoms with Crippen LogP contribution in [0.2, 0.25) is 0 Å². The van der Waals surface area contributed by atoms with Crippen molar-refractivity contribution in [2.24, 2.45) is 0 Å². The minimum atomic E-state index is -0.838. The largest absolute Gasteiger partial charge is 0.463 e. The van der Waals surface area contributed by atoms with Crippen molar-refractivity contribution in [3.8, 4) is 0 Å². The van der Waals surface area contributed by atoms with E-state index in [1.54, 1.807) is 0 Å². The van der Waals surface area contributed by atoms with E-state index in [1.807, 2.05) is 0 Å². The van der Waals surface area contributed by atoms with Gasteiger partial charge in [-0.15, -0.1) is 0 Å².